The molecule has 21 heavy (non-hydrogen) atoms. The summed E-state index contributed by atoms with van der Waals surface area (Å²) < 4.78 is 5.54. The first-order valence-electron chi connectivity index (χ1n) is 7.21. The second kappa shape index (κ2) is 5.09. The fraction of sp³-hybridized carbons (Fsp3) is 0.167. The Labute approximate surface area is 123 Å². The minimum absolute atomic E-state index is 0.772. The van der Waals surface area contributed by atoms with Crippen molar-refractivity contribution in [3.8, 4) is 5.75 Å². The van der Waals surface area contributed by atoms with Crippen molar-refractivity contribution in [2.75, 3.05) is 11.9 Å². The third-order valence-corrected chi connectivity index (χ3v) is 3.92. The highest BCUT2D eigenvalue weighted by Gasteiger charge is 2.11. The van der Waals surface area contributed by atoms with Gasteiger partial charge in [0.25, 0.3) is 0 Å². The van der Waals surface area contributed by atoms with Crippen LogP contribution < -0.4 is 10.1 Å². The Morgan fingerprint density at radius 3 is 3.05 bits per heavy atom. The number of aromatic nitrogens is 1. The van der Waals surface area contributed by atoms with Gasteiger partial charge in [0.05, 0.1) is 6.61 Å². The van der Waals surface area contributed by atoms with Crippen LogP contribution in [-0.4, -0.2) is 11.6 Å². The summed E-state index contributed by atoms with van der Waals surface area (Å²) in [5.41, 5.74) is 3.63. The van der Waals surface area contributed by atoms with E-state index >= 15 is 0 Å². The van der Waals surface area contributed by atoms with Crippen LogP contribution in [0.25, 0.3) is 10.8 Å². The Bertz CT molecular complexity index is 793. The molecule has 3 heteroatoms. The number of pyridine rings is 1. The summed E-state index contributed by atoms with van der Waals surface area (Å²) in [4.78, 5) is 4.32. The number of nitrogens with one attached hydrogen (secondary N) is 1. The molecule has 0 spiro atoms. The molecule has 0 radical (unpaired) electrons. The van der Waals surface area contributed by atoms with Crippen molar-refractivity contribution < 1.29 is 4.74 Å². The van der Waals surface area contributed by atoms with Gasteiger partial charge in [-0.15, -0.1) is 0 Å². The van der Waals surface area contributed by atoms with Crippen LogP contribution in [0.5, 0.6) is 5.75 Å². The number of nitrogens with zero attached hydrogens (tertiary/aromatic N) is 1. The molecule has 104 valence electrons. The molecule has 1 N–H and O–H groups in total. The number of hydrogen-bond acceptors (Lipinski definition) is 3. The quantitative estimate of drug-likeness (QED) is 0.790. The van der Waals surface area contributed by atoms with Crippen molar-refractivity contribution in [1.29, 1.82) is 0 Å². The minimum atomic E-state index is 0.772. The van der Waals surface area contributed by atoms with Gasteiger partial charge in [0, 0.05) is 36.4 Å². The van der Waals surface area contributed by atoms with Crippen LogP contribution in [-0.2, 0) is 13.0 Å². The van der Waals surface area contributed by atoms with Crippen LogP contribution in [0, 0.1) is 0 Å². The van der Waals surface area contributed by atoms with Gasteiger partial charge in [-0.1, -0.05) is 24.3 Å². The first-order chi connectivity index (χ1) is 10.4. The molecule has 3 nitrogen and oxygen atoms in total. The summed E-state index contributed by atoms with van der Waals surface area (Å²) in [6.45, 7) is 1.57. The smallest absolute Gasteiger partial charge is 0.122 e. The third-order valence-electron chi connectivity index (χ3n) is 3.92. The lowest BCUT2D eigenvalue weighted by Crippen LogP contribution is -2.01. The molecule has 0 saturated heterocycles. The number of rotatable bonds is 3. The maximum atomic E-state index is 5.54. The highest BCUT2D eigenvalue weighted by Crippen LogP contribution is 2.28. The van der Waals surface area contributed by atoms with Gasteiger partial charge in [-0.2, -0.15) is 0 Å². The Morgan fingerprint density at radius 2 is 2.05 bits per heavy atom. The lowest BCUT2D eigenvalue weighted by atomic mass is 10.1. The van der Waals surface area contributed by atoms with E-state index < -0.39 is 0 Å². The summed E-state index contributed by atoms with van der Waals surface area (Å²) in [7, 11) is 0. The maximum Gasteiger partial charge on any atom is 0.122 e. The molecule has 0 aliphatic carbocycles. The molecule has 1 aliphatic rings. The van der Waals surface area contributed by atoms with Crippen molar-refractivity contribution in [3.05, 3.63) is 66.0 Å². The molecule has 0 amide bonds. The fourth-order valence-electron chi connectivity index (χ4n) is 2.81. The zero-order valence-corrected chi connectivity index (χ0v) is 11.7. The normalized spacial score (nSPS) is 13.0. The third kappa shape index (κ3) is 2.31. The van der Waals surface area contributed by atoms with E-state index in [9.17, 15) is 0 Å². The molecule has 2 heterocycles. The highest BCUT2D eigenvalue weighted by atomic mass is 16.5. The lowest BCUT2D eigenvalue weighted by molar-refractivity contribution is 0.357. The molecule has 3 aromatic rings. The molecule has 0 saturated carbocycles. The van der Waals surface area contributed by atoms with Crippen LogP contribution in [0.15, 0.2) is 54.9 Å². The Balaban J connectivity index is 1.58. The monoisotopic (exact) mass is 276 g/mol. The molecule has 1 aliphatic heterocycles. The number of anilines is 1. The Hall–Kier alpha value is -2.55. The van der Waals surface area contributed by atoms with E-state index in [0.717, 1.165) is 31.0 Å². The molecule has 0 fully saturated rings. The van der Waals surface area contributed by atoms with Gasteiger partial charge in [-0.05, 0) is 34.7 Å². The lowest BCUT2D eigenvalue weighted by Gasteiger charge is -2.10. The average Bonchev–Trinajstić information content (AvgIpc) is 3.00. The van der Waals surface area contributed by atoms with Gasteiger partial charge in [0.1, 0.15) is 5.75 Å². The van der Waals surface area contributed by atoms with Crippen molar-refractivity contribution in [1.82, 2.24) is 4.98 Å². The highest BCUT2D eigenvalue weighted by molar-refractivity contribution is 5.84. The van der Waals surface area contributed by atoms with Crippen molar-refractivity contribution in [2.24, 2.45) is 0 Å². The second-order valence-corrected chi connectivity index (χ2v) is 5.29. The van der Waals surface area contributed by atoms with Crippen molar-refractivity contribution in [2.45, 2.75) is 13.0 Å². The molecular weight excluding hydrogens is 260 g/mol. The predicted molar refractivity (Wildman–Crippen MR) is 84.7 cm³/mol. The van der Waals surface area contributed by atoms with E-state index in [-0.39, 0.29) is 0 Å². The number of benzene rings is 2. The fourth-order valence-corrected chi connectivity index (χ4v) is 2.81. The SMILES string of the molecule is c1ccc2c(CNc3ccc4c(c3)CCO4)cncc2c1. The number of hydrogen-bond donors (Lipinski definition) is 1. The Morgan fingerprint density at radius 1 is 1.10 bits per heavy atom. The first-order valence-corrected chi connectivity index (χ1v) is 7.21. The summed E-state index contributed by atoms with van der Waals surface area (Å²) in [5, 5.41) is 5.92. The summed E-state index contributed by atoms with van der Waals surface area (Å²) in [5.74, 6) is 1.02. The number of ether oxygens (including phenoxy) is 1. The van der Waals surface area contributed by atoms with Gasteiger partial charge in [0.2, 0.25) is 0 Å². The topological polar surface area (TPSA) is 34.1 Å². The largest absolute Gasteiger partial charge is 0.493 e. The van der Waals surface area contributed by atoms with Crippen LogP contribution in [0.2, 0.25) is 0 Å². The van der Waals surface area contributed by atoms with E-state index in [0.29, 0.717) is 0 Å². The zero-order chi connectivity index (χ0) is 14.1. The maximum absolute atomic E-state index is 5.54. The van der Waals surface area contributed by atoms with Gasteiger partial charge in [-0.3, -0.25) is 4.98 Å². The van der Waals surface area contributed by atoms with Crippen LogP contribution in [0.1, 0.15) is 11.1 Å². The first kappa shape index (κ1) is 12.2. The molecule has 0 atom stereocenters. The van der Waals surface area contributed by atoms with E-state index in [1.54, 1.807) is 0 Å². The van der Waals surface area contributed by atoms with E-state index in [1.807, 2.05) is 24.5 Å². The summed E-state index contributed by atoms with van der Waals surface area (Å²) in [6.07, 6.45) is 4.85. The van der Waals surface area contributed by atoms with E-state index in [2.05, 4.69) is 40.6 Å². The van der Waals surface area contributed by atoms with Gasteiger partial charge in [-0.25, -0.2) is 0 Å². The molecule has 2 aromatic carbocycles. The molecule has 1 aromatic heterocycles. The standard InChI is InChI=1S/C18H16N2O/c1-2-4-17-14(3-1)10-19-11-15(17)12-20-16-5-6-18-13(9-16)7-8-21-18/h1-6,9-11,20H,7-8,12H2. The van der Waals surface area contributed by atoms with Gasteiger partial charge < -0.3 is 10.1 Å². The van der Waals surface area contributed by atoms with Gasteiger partial charge >= 0.3 is 0 Å². The molecule has 0 bridgehead atoms. The predicted octanol–water partition coefficient (Wildman–Crippen LogP) is 3.78. The minimum Gasteiger partial charge on any atom is -0.493 e. The van der Waals surface area contributed by atoms with Crippen LogP contribution in [0.3, 0.4) is 0 Å². The molecule has 4 rings (SSSR count). The Kier molecular flexibility index (Phi) is 2.96. The zero-order valence-electron chi connectivity index (χ0n) is 11.7. The second-order valence-electron chi connectivity index (χ2n) is 5.29. The molecule has 0 unspecified atom stereocenters. The number of fused-ring (bicyclic) bond motifs is 2. The van der Waals surface area contributed by atoms with Crippen molar-refractivity contribution >= 4 is 16.5 Å². The van der Waals surface area contributed by atoms with Crippen molar-refractivity contribution in [3.63, 3.8) is 0 Å². The van der Waals surface area contributed by atoms with E-state index in [1.165, 1.54) is 21.9 Å². The summed E-state index contributed by atoms with van der Waals surface area (Å²) >= 11 is 0. The van der Waals surface area contributed by atoms with Gasteiger partial charge in [0.15, 0.2) is 0 Å². The van der Waals surface area contributed by atoms with E-state index in [4.69, 9.17) is 4.74 Å². The average molecular weight is 276 g/mol. The van der Waals surface area contributed by atoms with Crippen LogP contribution >= 0.6 is 0 Å². The summed E-state index contributed by atoms with van der Waals surface area (Å²) in [6, 6.07) is 14.7. The molecular formula is C18H16N2O. The van der Waals surface area contributed by atoms with Crippen LogP contribution in [0.4, 0.5) is 5.69 Å².